The summed E-state index contributed by atoms with van der Waals surface area (Å²) in [5, 5.41) is 1.16. The van der Waals surface area contributed by atoms with Gasteiger partial charge in [-0.05, 0) is 48.4 Å². The normalized spacial score (nSPS) is 11.0. The molecular weight excluding hydrogens is 384 g/mol. The molecule has 0 amide bonds. The van der Waals surface area contributed by atoms with E-state index in [-0.39, 0.29) is 16.8 Å². The first kappa shape index (κ1) is 19.1. The number of benzene rings is 2. The number of halogens is 1. The summed E-state index contributed by atoms with van der Waals surface area (Å²) in [5.74, 6) is -0.323. The molecule has 0 fully saturated rings. The summed E-state index contributed by atoms with van der Waals surface area (Å²) in [5.41, 5.74) is 2.93. The van der Waals surface area contributed by atoms with Crippen molar-refractivity contribution in [3.8, 4) is 0 Å². The van der Waals surface area contributed by atoms with Crippen molar-refractivity contribution in [2.45, 2.75) is 19.9 Å². The van der Waals surface area contributed by atoms with Crippen LogP contribution in [0.15, 0.2) is 77.9 Å². The highest BCUT2D eigenvalue weighted by Crippen LogP contribution is 2.18. The number of aromatic nitrogens is 2. The third-order valence-electron chi connectivity index (χ3n) is 4.92. The van der Waals surface area contributed by atoms with E-state index in [1.165, 1.54) is 6.20 Å². The van der Waals surface area contributed by atoms with Crippen LogP contribution in [0.1, 0.15) is 34.1 Å². The number of fused-ring (bicyclic) bond motifs is 1. The van der Waals surface area contributed by atoms with Gasteiger partial charge in [0, 0.05) is 40.6 Å². The second kappa shape index (κ2) is 8.02. The van der Waals surface area contributed by atoms with Gasteiger partial charge in [-0.3, -0.25) is 14.6 Å². The Kier molecular flexibility index (Phi) is 5.28. The van der Waals surface area contributed by atoms with Gasteiger partial charge >= 0.3 is 0 Å². The summed E-state index contributed by atoms with van der Waals surface area (Å²) in [7, 11) is 0. The molecule has 2 aromatic heterocycles. The second-order valence-corrected chi connectivity index (χ2v) is 7.30. The van der Waals surface area contributed by atoms with E-state index < -0.39 is 0 Å². The van der Waals surface area contributed by atoms with Crippen LogP contribution in [0.3, 0.4) is 0 Å². The number of ketones is 1. The van der Waals surface area contributed by atoms with E-state index in [0.717, 1.165) is 23.2 Å². The van der Waals surface area contributed by atoms with Crippen molar-refractivity contribution in [2.24, 2.45) is 0 Å². The summed E-state index contributed by atoms with van der Waals surface area (Å²) in [6.45, 7) is 2.50. The van der Waals surface area contributed by atoms with Gasteiger partial charge < -0.3 is 4.57 Å². The van der Waals surface area contributed by atoms with Gasteiger partial charge in [-0.25, -0.2) is 0 Å². The predicted octanol–water partition coefficient (Wildman–Crippen LogP) is 4.89. The van der Waals surface area contributed by atoms with E-state index in [4.69, 9.17) is 11.6 Å². The molecule has 0 saturated carbocycles. The number of nitrogens with zero attached hydrogens (tertiary/aromatic N) is 2. The number of hydrogen-bond acceptors (Lipinski definition) is 3. The fraction of sp³-hybridized carbons (Fsp3) is 0.125. The maximum Gasteiger partial charge on any atom is 0.200 e. The van der Waals surface area contributed by atoms with Crippen LogP contribution in [0.4, 0.5) is 0 Å². The minimum absolute atomic E-state index is 0.136. The minimum atomic E-state index is -0.323. The Bertz CT molecular complexity index is 1260. The molecule has 0 saturated heterocycles. The summed E-state index contributed by atoms with van der Waals surface area (Å²) in [4.78, 5) is 30.4. The molecule has 0 aliphatic heterocycles. The lowest BCUT2D eigenvalue weighted by molar-refractivity contribution is 0.103. The largest absolute Gasteiger partial charge is 0.342 e. The van der Waals surface area contributed by atoms with E-state index in [1.807, 2.05) is 54.0 Å². The lowest BCUT2D eigenvalue weighted by Crippen LogP contribution is -2.20. The Labute approximate surface area is 173 Å². The lowest BCUT2D eigenvalue weighted by Gasteiger charge is -2.14. The van der Waals surface area contributed by atoms with Crippen molar-refractivity contribution in [3.05, 3.63) is 111 Å². The highest BCUT2D eigenvalue weighted by atomic mass is 35.5. The van der Waals surface area contributed by atoms with E-state index in [9.17, 15) is 9.59 Å². The molecule has 4 nitrogen and oxygen atoms in total. The van der Waals surface area contributed by atoms with Crippen LogP contribution in [-0.4, -0.2) is 15.3 Å². The molecule has 2 aromatic carbocycles. The quantitative estimate of drug-likeness (QED) is 0.446. The number of carbonyl (C=O) groups excluding carboxylic acids is 1. The fourth-order valence-corrected chi connectivity index (χ4v) is 3.61. The van der Waals surface area contributed by atoms with Crippen LogP contribution in [0.2, 0.25) is 5.02 Å². The zero-order chi connectivity index (χ0) is 20.4. The van der Waals surface area contributed by atoms with Crippen molar-refractivity contribution in [2.75, 3.05) is 0 Å². The first-order valence-corrected chi connectivity index (χ1v) is 9.81. The molecule has 144 valence electrons. The Hall–Kier alpha value is -3.24. The first-order valence-electron chi connectivity index (χ1n) is 9.43. The standard InChI is InChI=1S/C24H19ClN2O2/c1-2-19-11-10-17(13-26-19)23(28)21-15-27(14-16-6-5-7-18(25)12-16)22-9-4-3-8-20(22)24(21)29/h3-13,15H,2,14H2,1H3. The number of para-hydroxylation sites is 1. The molecule has 0 bridgehead atoms. The molecule has 4 rings (SSSR count). The molecule has 29 heavy (non-hydrogen) atoms. The average Bonchev–Trinajstić information content (AvgIpc) is 2.75. The summed E-state index contributed by atoms with van der Waals surface area (Å²) >= 11 is 6.12. The van der Waals surface area contributed by atoms with Crippen molar-refractivity contribution < 1.29 is 4.79 Å². The molecule has 0 aliphatic carbocycles. The maximum absolute atomic E-state index is 13.1. The van der Waals surface area contributed by atoms with Crippen LogP contribution >= 0.6 is 11.6 Å². The van der Waals surface area contributed by atoms with Crippen molar-refractivity contribution >= 4 is 28.3 Å². The zero-order valence-electron chi connectivity index (χ0n) is 15.9. The van der Waals surface area contributed by atoms with Crippen molar-refractivity contribution in [1.82, 2.24) is 9.55 Å². The summed E-state index contributed by atoms with van der Waals surface area (Å²) < 4.78 is 1.92. The number of aryl methyl sites for hydroxylation is 1. The molecule has 0 unspecified atom stereocenters. The Morgan fingerprint density at radius 2 is 1.90 bits per heavy atom. The summed E-state index contributed by atoms with van der Waals surface area (Å²) in [6.07, 6.45) is 3.97. The highest BCUT2D eigenvalue weighted by Gasteiger charge is 2.17. The molecular formula is C24H19ClN2O2. The molecule has 5 heteroatoms. The van der Waals surface area contributed by atoms with E-state index in [0.29, 0.717) is 22.5 Å². The van der Waals surface area contributed by atoms with Crippen LogP contribution in [0.25, 0.3) is 10.9 Å². The van der Waals surface area contributed by atoms with Gasteiger partial charge in [0.05, 0.1) is 11.1 Å². The van der Waals surface area contributed by atoms with Crippen molar-refractivity contribution in [3.63, 3.8) is 0 Å². The van der Waals surface area contributed by atoms with Gasteiger partial charge in [0.2, 0.25) is 5.43 Å². The van der Waals surface area contributed by atoms with Gasteiger partial charge in [-0.1, -0.05) is 42.8 Å². The molecule has 2 heterocycles. The highest BCUT2D eigenvalue weighted by molar-refractivity contribution is 6.30. The van der Waals surface area contributed by atoms with Gasteiger partial charge in [0.15, 0.2) is 5.78 Å². The van der Waals surface area contributed by atoms with Crippen LogP contribution in [0, 0.1) is 0 Å². The van der Waals surface area contributed by atoms with E-state index >= 15 is 0 Å². The third-order valence-corrected chi connectivity index (χ3v) is 5.16. The van der Waals surface area contributed by atoms with E-state index in [1.54, 1.807) is 24.4 Å². The number of hydrogen-bond donors (Lipinski definition) is 0. The van der Waals surface area contributed by atoms with Crippen LogP contribution < -0.4 is 5.43 Å². The number of rotatable bonds is 5. The average molecular weight is 403 g/mol. The smallest absolute Gasteiger partial charge is 0.200 e. The fourth-order valence-electron chi connectivity index (χ4n) is 3.39. The molecule has 0 N–H and O–H groups in total. The van der Waals surface area contributed by atoms with Gasteiger partial charge in [0.25, 0.3) is 0 Å². The SMILES string of the molecule is CCc1ccc(C(=O)c2cn(Cc3cccc(Cl)c3)c3ccccc3c2=O)cn1. The Morgan fingerprint density at radius 1 is 1.07 bits per heavy atom. The first-order chi connectivity index (χ1) is 14.1. The lowest BCUT2D eigenvalue weighted by atomic mass is 10.0. The van der Waals surface area contributed by atoms with Crippen LogP contribution in [0.5, 0.6) is 0 Å². The van der Waals surface area contributed by atoms with Gasteiger partial charge in [-0.15, -0.1) is 0 Å². The molecule has 0 aliphatic rings. The van der Waals surface area contributed by atoms with Gasteiger partial charge in [0.1, 0.15) is 0 Å². The monoisotopic (exact) mass is 402 g/mol. The zero-order valence-corrected chi connectivity index (χ0v) is 16.7. The Balaban J connectivity index is 1.84. The molecule has 0 spiro atoms. The predicted molar refractivity (Wildman–Crippen MR) is 116 cm³/mol. The molecule has 0 atom stereocenters. The minimum Gasteiger partial charge on any atom is -0.342 e. The Morgan fingerprint density at radius 3 is 2.62 bits per heavy atom. The van der Waals surface area contributed by atoms with Crippen LogP contribution in [-0.2, 0) is 13.0 Å². The maximum atomic E-state index is 13.1. The second-order valence-electron chi connectivity index (χ2n) is 6.87. The summed E-state index contributed by atoms with van der Waals surface area (Å²) in [6, 6.07) is 18.4. The molecule has 0 radical (unpaired) electrons. The van der Waals surface area contributed by atoms with Crippen molar-refractivity contribution in [1.29, 1.82) is 0 Å². The topological polar surface area (TPSA) is 52.0 Å². The molecule has 4 aromatic rings. The van der Waals surface area contributed by atoms with Gasteiger partial charge in [-0.2, -0.15) is 0 Å². The third kappa shape index (κ3) is 3.84. The van der Waals surface area contributed by atoms with E-state index in [2.05, 4.69) is 4.98 Å². The number of pyridine rings is 2. The number of carbonyl (C=O) groups is 1.